The van der Waals surface area contributed by atoms with E-state index in [1.807, 2.05) is 18.2 Å². The zero-order chi connectivity index (χ0) is 5.11. The molecule has 10 heavy (non-hydrogen) atoms. The van der Waals surface area contributed by atoms with E-state index in [-0.39, 0.29) is 28.0 Å². The van der Waals surface area contributed by atoms with Gasteiger partial charge < -0.3 is 11.0 Å². The monoisotopic (exact) mass is 179 g/mol. The standard InChI is InChI=1S/C7H8.Mn.2O/c1-7-5-3-2-4-6-7;;;/h2-6H,1H3;;;/q;;2*-2. The van der Waals surface area contributed by atoms with Gasteiger partial charge in [-0.05, 0) is 6.92 Å². The molecule has 59 valence electrons. The van der Waals surface area contributed by atoms with Crippen molar-refractivity contribution in [2.24, 2.45) is 0 Å². The van der Waals surface area contributed by atoms with Crippen LogP contribution in [0.2, 0.25) is 0 Å². The normalized spacial score (nSPS) is 6.10. The molecule has 0 aliphatic rings. The molecule has 0 unspecified atom stereocenters. The number of hydrogen-bond donors (Lipinski definition) is 0. The Bertz CT molecular complexity index is 142. The molecular weight excluding hydrogens is 171 g/mol. The molecule has 0 spiro atoms. The molecule has 2 nitrogen and oxygen atoms in total. The molecule has 0 aliphatic heterocycles. The molecular formula is C7H8MnO2-4. The summed E-state index contributed by atoms with van der Waals surface area (Å²) in [5.41, 5.74) is 1.32. The van der Waals surface area contributed by atoms with Gasteiger partial charge in [0.2, 0.25) is 0 Å². The summed E-state index contributed by atoms with van der Waals surface area (Å²) in [6.45, 7) is 2.08. The van der Waals surface area contributed by atoms with Crippen LogP contribution in [-0.4, -0.2) is 0 Å². The quantitative estimate of drug-likeness (QED) is 0.545. The molecule has 1 aromatic carbocycles. The van der Waals surface area contributed by atoms with E-state index < -0.39 is 0 Å². The van der Waals surface area contributed by atoms with Crippen molar-refractivity contribution in [3.05, 3.63) is 35.9 Å². The van der Waals surface area contributed by atoms with Crippen LogP contribution in [0.5, 0.6) is 0 Å². The third-order valence-electron chi connectivity index (χ3n) is 0.940. The van der Waals surface area contributed by atoms with Crippen LogP contribution in [0.4, 0.5) is 0 Å². The first-order valence-corrected chi connectivity index (χ1v) is 2.41. The summed E-state index contributed by atoms with van der Waals surface area (Å²) in [4.78, 5) is 0. The van der Waals surface area contributed by atoms with Crippen LogP contribution in [-0.2, 0) is 28.0 Å². The predicted molar refractivity (Wildman–Crippen MR) is 32.6 cm³/mol. The largest absolute Gasteiger partial charge is 2.00 e. The van der Waals surface area contributed by atoms with E-state index in [1.165, 1.54) is 5.56 Å². The smallest absolute Gasteiger partial charge is 0 e. The molecule has 0 saturated heterocycles. The Morgan fingerprint density at radius 2 is 1.30 bits per heavy atom. The van der Waals surface area contributed by atoms with Gasteiger partial charge in [-0.25, -0.2) is 0 Å². The van der Waals surface area contributed by atoms with Crippen molar-refractivity contribution in [3.63, 3.8) is 0 Å². The van der Waals surface area contributed by atoms with Crippen molar-refractivity contribution in [3.8, 4) is 0 Å². The van der Waals surface area contributed by atoms with Crippen molar-refractivity contribution < 1.29 is 28.0 Å². The van der Waals surface area contributed by atoms with Gasteiger partial charge in [0.15, 0.2) is 0 Å². The van der Waals surface area contributed by atoms with Crippen LogP contribution in [0.3, 0.4) is 0 Å². The number of hydrogen-bond acceptors (Lipinski definition) is 0. The average Bonchev–Trinajstić information content (AvgIpc) is 1.69. The minimum absolute atomic E-state index is 0. The maximum absolute atomic E-state index is 2.08. The summed E-state index contributed by atoms with van der Waals surface area (Å²) in [6, 6.07) is 10.3. The first-order chi connectivity index (χ1) is 3.39. The zero-order valence-corrected chi connectivity index (χ0v) is 6.76. The molecule has 0 aromatic heterocycles. The van der Waals surface area contributed by atoms with E-state index in [0.717, 1.165) is 0 Å². The fourth-order valence-corrected chi connectivity index (χ4v) is 0.534. The Balaban J connectivity index is -0.000000163. The molecule has 0 bridgehead atoms. The summed E-state index contributed by atoms with van der Waals surface area (Å²) in [5.74, 6) is 0. The molecule has 0 saturated carbocycles. The SMILES string of the molecule is Cc1ccccc1.[Mn].[O-2].[O-2]. The first kappa shape index (κ1) is 16.3. The van der Waals surface area contributed by atoms with Crippen LogP contribution in [0.15, 0.2) is 30.3 Å². The summed E-state index contributed by atoms with van der Waals surface area (Å²) in [7, 11) is 0. The van der Waals surface area contributed by atoms with Crippen molar-refractivity contribution in [2.75, 3.05) is 0 Å². The summed E-state index contributed by atoms with van der Waals surface area (Å²) in [5, 5.41) is 0. The van der Waals surface area contributed by atoms with Crippen molar-refractivity contribution in [1.29, 1.82) is 0 Å². The van der Waals surface area contributed by atoms with Crippen LogP contribution >= 0.6 is 0 Å². The fourth-order valence-electron chi connectivity index (χ4n) is 0.534. The maximum atomic E-state index is 2.08. The molecule has 0 aliphatic carbocycles. The van der Waals surface area contributed by atoms with E-state index in [4.69, 9.17) is 0 Å². The number of benzene rings is 1. The number of aryl methyl sites for hydroxylation is 1. The summed E-state index contributed by atoms with van der Waals surface area (Å²) < 4.78 is 0. The first-order valence-electron chi connectivity index (χ1n) is 2.41. The van der Waals surface area contributed by atoms with Gasteiger partial charge in [-0.3, -0.25) is 0 Å². The molecule has 0 N–H and O–H groups in total. The van der Waals surface area contributed by atoms with E-state index in [9.17, 15) is 0 Å². The van der Waals surface area contributed by atoms with Gasteiger partial charge in [-0.1, -0.05) is 35.9 Å². The van der Waals surface area contributed by atoms with Gasteiger partial charge in [0, 0.05) is 17.1 Å². The molecule has 0 amide bonds. The second-order valence-corrected chi connectivity index (χ2v) is 1.65. The molecule has 3 heteroatoms. The van der Waals surface area contributed by atoms with Gasteiger partial charge in [-0.2, -0.15) is 0 Å². The third kappa shape index (κ3) is 5.79. The topological polar surface area (TPSA) is 57.0 Å². The molecule has 0 atom stereocenters. The summed E-state index contributed by atoms with van der Waals surface area (Å²) >= 11 is 0. The molecule has 0 heterocycles. The second-order valence-electron chi connectivity index (χ2n) is 1.65. The molecule has 1 rings (SSSR count). The molecule has 1 radical (unpaired) electrons. The minimum atomic E-state index is 0. The Hall–Kier alpha value is -0.341. The van der Waals surface area contributed by atoms with Crippen LogP contribution < -0.4 is 0 Å². The van der Waals surface area contributed by atoms with Gasteiger partial charge in [-0.15, -0.1) is 0 Å². The third-order valence-corrected chi connectivity index (χ3v) is 0.940. The Kier molecular flexibility index (Phi) is 14.1. The predicted octanol–water partition coefficient (Wildman–Crippen LogP) is 1.75. The average molecular weight is 179 g/mol. The van der Waals surface area contributed by atoms with Gasteiger partial charge in [0.1, 0.15) is 0 Å². The van der Waals surface area contributed by atoms with Gasteiger partial charge in [0.05, 0.1) is 0 Å². The fraction of sp³-hybridized carbons (Fsp3) is 0.143. The van der Waals surface area contributed by atoms with Crippen molar-refractivity contribution in [2.45, 2.75) is 6.92 Å². The van der Waals surface area contributed by atoms with E-state index >= 15 is 0 Å². The van der Waals surface area contributed by atoms with E-state index in [1.54, 1.807) is 0 Å². The Labute approximate surface area is 71.4 Å². The van der Waals surface area contributed by atoms with E-state index in [0.29, 0.717) is 0 Å². The minimum Gasteiger partial charge on any atom is -2.00 e. The molecule has 1 aromatic rings. The van der Waals surface area contributed by atoms with Gasteiger partial charge in [0.25, 0.3) is 0 Å². The number of rotatable bonds is 0. The van der Waals surface area contributed by atoms with Gasteiger partial charge >= 0.3 is 0 Å². The Morgan fingerprint density at radius 3 is 1.50 bits per heavy atom. The maximum Gasteiger partial charge on any atom is 0 e. The Morgan fingerprint density at radius 1 is 0.900 bits per heavy atom. The van der Waals surface area contributed by atoms with Crippen LogP contribution in [0.25, 0.3) is 0 Å². The van der Waals surface area contributed by atoms with Crippen molar-refractivity contribution >= 4 is 0 Å². The van der Waals surface area contributed by atoms with Crippen LogP contribution in [0.1, 0.15) is 5.56 Å². The zero-order valence-electron chi connectivity index (χ0n) is 5.58. The van der Waals surface area contributed by atoms with Crippen molar-refractivity contribution in [1.82, 2.24) is 0 Å². The molecule has 0 fully saturated rings. The van der Waals surface area contributed by atoms with Crippen LogP contribution in [0, 0.1) is 6.92 Å². The van der Waals surface area contributed by atoms with E-state index in [2.05, 4.69) is 19.1 Å². The summed E-state index contributed by atoms with van der Waals surface area (Å²) in [6.07, 6.45) is 0. The second kappa shape index (κ2) is 8.66.